The highest BCUT2D eigenvalue weighted by Crippen LogP contribution is 2.22. The number of hydrogen-bond donors (Lipinski definition) is 2. The first-order valence-corrected chi connectivity index (χ1v) is 7.74. The molecule has 112 valence electrons. The molecule has 1 fully saturated rings. The zero-order valence-corrected chi connectivity index (χ0v) is 13.3. The predicted octanol–water partition coefficient (Wildman–Crippen LogP) is 3.90. The smallest absolute Gasteiger partial charge is 0.129 e. The van der Waals surface area contributed by atoms with E-state index in [1.807, 2.05) is 19.9 Å². The first kappa shape index (κ1) is 17.0. The van der Waals surface area contributed by atoms with Crippen molar-refractivity contribution in [3.63, 3.8) is 0 Å². The van der Waals surface area contributed by atoms with Crippen LogP contribution in [0, 0.1) is 6.92 Å². The van der Waals surface area contributed by atoms with Crippen molar-refractivity contribution in [3.05, 3.63) is 35.1 Å². The molecular formula is C16H26ClN3. The summed E-state index contributed by atoms with van der Waals surface area (Å²) < 4.78 is 0. The second-order valence-corrected chi connectivity index (χ2v) is 5.58. The second kappa shape index (κ2) is 8.98. The van der Waals surface area contributed by atoms with E-state index < -0.39 is 0 Å². The summed E-state index contributed by atoms with van der Waals surface area (Å²) in [6.07, 6.45) is 8.31. The molecule has 1 saturated carbocycles. The third-order valence-corrected chi connectivity index (χ3v) is 3.59. The van der Waals surface area contributed by atoms with Crippen LogP contribution >= 0.6 is 11.6 Å². The molecule has 0 saturated heterocycles. The summed E-state index contributed by atoms with van der Waals surface area (Å²) in [5.74, 6) is 0. The molecule has 3 nitrogen and oxygen atoms in total. The lowest BCUT2D eigenvalue weighted by atomic mass is 9.95. The van der Waals surface area contributed by atoms with Crippen LogP contribution in [0.3, 0.4) is 0 Å². The van der Waals surface area contributed by atoms with Gasteiger partial charge in [-0.05, 0) is 37.9 Å². The summed E-state index contributed by atoms with van der Waals surface area (Å²) in [6, 6.07) is 2.45. The summed E-state index contributed by atoms with van der Waals surface area (Å²) in [6.45, 7) is 8.81. The van der Waals surface area contributed by atoms with Gasteiger partial charge in [0.2, 0.25) is 0 Å². The van der Waals surface area contributed by atoms with Gasteiger partial charge in [0.05, 0.1) is 0 Å². The Balaban J connectivity index is 0.000000612. The third kappa shape index (κ3) is 5.51. The quantitative estimate of drug-likeness (QED) is 0.832. The minimum absolute atomic E-state index is 0.539. The molecule has 0 aromatic carbocycles. The topological polar surface area (TPSA) is 50.9 Å². The zero-order valence-electron chi connectivity index (χ0n) is 12.6. The van der Waals surface area contributed by atoms with E-state index in [9.17, 15) is 0 Å². The fourth-order valence-corrected chi connectivity index (χ4v) is 2.62. The van der Waals surface area contributed by atoms with E-state index >= 15 is 0 Å². The molecule has 0 aliphatic heterocycles. The lowest BCUT2D eigenvalue weighted by Crippen LogP contribution is -2.29. The van der Waals surface area contributed by atoms with Gasteiger partial charge in [-0.1, -0.05) is 44.4 Å². The lowest BCUT2D eigenvalue weighted by Gasteiger charge is -2.25. The first-order valence-electron chi connectivity index (χ1n) is 7.36. The molecule has 0 unspecified atom stereocenters. The number of hydrogen-bond acceptors (Lipinski definition) is 3. The Morgan fingerprint density at radius 3 is 2.60 bits per heavy atom. The predicted molar refractivity (Wildman–Crippen MR) is 87.8 cm³/mol. The summed E-state index contributed by atoms with van der Waals surface area (Å²) >= 11 is 5.85. The maximum absolute atomic E-state index is 5.85. The molecule has 3 N–H and O–H groups in total. The molecular weight excluding hydrogens is 270 g/mol. The number of aromatic nitrogens is 1. The highest BCUT2D eigenvalue weighted by molar-refractivity contribution is 6.29. The number of nitrogens with zero attached hydrogens (tertiary/aromatic N) is 1. The van der Waals surface area contributed by atoms with Crippen molar-refractivity contribution in [1.82, 2.24) is 10.3 Å². The van der Waals surface area contributed by atoms with Gasteiger partial charge in [0, 0.05) is 23.5 Å². The van der Waals surface area contributed by atoms with Crippen LogP contribution in [0.25, 0.3) is 5.70 Å². The molecule has 0 atom stereocenters. The van der Waals surface area contributed by atoms with Crippen LogP contribution in [-0.4, -0.2) is 17.6 Å². The van der Waals surface area contributed by atoms with Crippen molar-refractivity contribution in [1.29, 1.82) is 0 Å². The molecule has 0 spiro atoms. The van der Waals surface area contributed by atoms with Gasteiger partial charge in [0.15, 0.2) is 0 Å². The van der Waals surface area contributed by atoms with E-state index in [1.54, 1.807) is 6.20 Å². The summed E-state index contributed by atoms with van der Waals surface area (Å²) in [5, 5.41) is 4.06. The molecule has 1 aromatic heterocycles. The summed E-state index contributed by atoms with van der Waals surface area (Å²) in [5.41, 5.74) is 8.01. The van der Waals surface area contributed by atoms with Gasteiger partial charge in [0.1, 0.15) is 5.15 Å². The van der Waals surface area contributed by atoms with Crippen molar-refractivity contribution in [2.24, 2.45) is 5.73 Å². The van der Waals surface area contributed by atoms with Crippen molar-refractivity contribution < 1.29 is 0 Å². The van der Waals surface area contributed by atoms with Crippen molar-refractivity contribution in [2.75, 3.05) is 6.54 Å². The van der Waals surface area contributed by atoms with Gasteiger partial charge >= 0.3 is 0 Å². The standard InChI is InChI=1S/C14H19ClN2.C2H7N/c1-10-8-14(15)16-9-13(10)11(2)17-12-6-4-3-5-7-12;1-2-3/h8-9,12,17H,2-7H2,1H3;2-3H2,1H3. The maximum atomic E-state index is 5.85. The summed E-state index contributed by atoms with van der Waals surface area (Å²) in [4.78, 5) is 4.12. The zero-order chi connectivity index (χ0) is 15.0. The third-order valence-electron chi connectivity index (χ3n) is 3.39. The first-order chi connectivity index (χ1) is 9.58. The van der Waals surface area contributed by atoms with Gasteiger partial charge in [-0.3, -0.25) is 0 Å². The number of nitrogens with two attached hydrogens (primary N) is 1. The Hall–Kier alpha value is -1.06. The van der Waals surface area contributed by atoms with Crippen LogP contribution in [0.4, 0.5) is 0 Å². The van der Waals surface area contributed by atoms with Crippen LogP contribution in [0.15, 0.2) is 18.8 Å². The van der Waals surface area contributed by atoms with E-state index in [1.165, 1.54) is 32.1 Å². The minimum atomic E-state index is 0.539. The van der Waals surface area contributed by atoms with Crippen LogP contribution in [0.1, 0.15) is 50.2 Å². The number of aryl methyl sites for hydroxylation is 1. The largest absolute Gasteiger partial charge is 0.382 e. The number of nitrogens with one attached hydrogen (secondary N) is 1. The summed E-state index contributed by atoms with van der Waals surface area (Å²) in [7, 11) is 0. The Morgan fingerprint density at radius 2 is 2.05 bits per heavy atom. The van der Waals surface area contributed by atoms with Crippen LogP contribution in [-0.2, 0) is 0 Å². The second-order valence-electron chi connectivity index (χ2n) is 5.19. The monoisotopic (exact) mass is 295 g/mol. The normalized spacial score (nSPS) is 15.2. The molecule has 1 heterocycles. The fraction of sp³-hybridized carbons (Fsp3) is 0.562. The number of halogens is 1. The van der Waals surface area contributed by atoms with Gasteiger partial charge in [-0.2, -0.15) is 0 Å². The minimum Gasteiger partial charge on any atom is -0.382 e. The SMILES string of the molecule is C=C(NC1CCCCC1)c1cnc(Cl)cc1C.CCN. The van der Waals surface area contributed by atoms with E-state index in [-0.39, 0.29) is 0 Å². The highest BCUT2D eigenvalue weighted by Gasteiger charge is 2.14. The number of rotatable bonds is 3. The molecule has 0 amide bonds. The van der Waals surface area contributed by atoms with E-state index in [2.05, 4.69) is 16.9 Å². The van der Waals surface area contributed by atoms with Gasteiger partial charge in [0.25, 0.3) is 0 Å². The number of pyridine rings is 1. The Morgan fingerprint density at radius 1 is 1.45 bits per heavy atom. The van der Waals surface area contributed by atoms with Gasteiger partial charge in [-0.25, -0.2) is 4.98 Å². The Bertz CT molecular complexity index is 426. The van der Waals surface area contributed by atoms with Gasteiger partial charge in [-0.15, -0.1) is 0 Å². The fourth-order valence-electron chi connectivity index (χ4n) is 2.41. The molecule has 0 bridgehead atoms. The maximum Gasteiger partial charge on any atom is 0.129 e. The molecule has 1 aliphatic rings. The van der Waals surface area contributed by atoms with Crippen LogP contribution in [0.2, 0.25) is 5.15 Å². The van der Waals surface area contributed by atoms with Crippen LogP contribution in [0.5, 0.6) is 0 Å². The molecule has 2 rings (SSSR count). The Kier molecular flexibility index (Phi) is 7.63. The molecule has 1 aromatic rings. The van der Waals surface area contributed by atoms with Crippen molar-refractivity contribution in [2.45, 2.75) is 52.0 Å². The molecule has 1 aliphatic carbocycles. The van der Waals surface area contributed by atoms with E-state index in [0.29, 0.717) is 11.2 Å². The molecule has 20 heavy (non-hydrogen) atoms. The Labute approximate surface area is 127 Å². The van der Waals surface area contributed by atoms with E-state index in [4.69, 9.17) is 17.3 Å². The lowest BCUT2D eigenvalue weighted by molar-refractivity contribution is 0.409. The molecule has 0 radical (unpaired) electrons. The average Bonchev–Trinajstić information content (AvgIpc) is 2.40. The molecule has 4 heteroatoms. The van der Waals surface area contributed by atoms with Gasteiger partial charge < -0.3 is 11.1 Å². The average molecular weight is 296 g/mol. The van der Waals surface area contributed by atoms with E-state index in [0.717, 1.165) is 23.4 Å². The highest BCUT2D eigenvalue weighted by atomic mass is 35.5. The van der Waals surface area contributed by atoms with Crippen molar-refractivity contribution >= 4 is 17.3 Å². The van der Waals surface area contributed by atoms with Crippen LogP contribution < -0.4 is 11.1 Å². The van der Waals surface area contributed by atoms with Crippen molar-refractivity contribution in [3.8, 4) is 0 Å².